The van der Waals surface area contributed by atoms with Crippen molar-refractivity contribution in [2.24, 2.45) is 11.8 Å². The molecule has 2 aliphatic rings. The van der Waals surface area contributed by atoms with Gasteiger partial charge in [0.25, 0.3) is 0 Å². The van der Waals surface area contributed by atoms with Crippen molar-refractivity contribution in [3.05, 3.63) is 29.8 Å². The van der Waals surface area contributed by atoms with E-state index < -0.39 is 10.0 Å². The number of rotatable bonds is 5. The zero-order chi connectivity index (χ0) is 18.6. The van der Waals surface area contributed by atoms with Crippen LogP contribution in [0.1, 0.15) is 31.2 Å². The molecule has 2 N–H and O–H groups in total. The first-order valence-corrected chi connectivity index (χ1v) is 11.0. The summed E-state index contributed by atoms with van der Waals surface area (Å²) < 4.78 is 27.2. The lowest BCUT2D eigenvalue weighted by Crippen LogP contribution is -2.47. The highest BCUT2D eigenvalue weighted by Gasteiger charge is 2.33. The average molecular weight is 416 g/mol. The molecule has 0 radical (unpaired) electrons. The molecule has 8 heteroatoms. The van der Waals surface area contributed by atoms with Crippen molar-refractivity contribution in [1.82, 2.24) is 14.9 Å². The van der Waals surface area contributed by atoms with E-state index in [0.29, 0.717) is 30.3 Å². The number of hydrogen-bond acceptors (Lipinski definition) is 4. The molecule has 0 spiro atoms. The van der Waals surface area contributed by atoms with Crippen LogP contribution in [0.4, 0.5) is 0 Å². The molecule has 2 fully saturated rings. The summed E-state index contributed by atoms with van der Waals surface area (Å²) in [7, 11) is -3.54. The van der Waals surface area contributed by atoms with E-state index in [0.717, 1.165) is 37.9 Å². The molecule has 2 unspecified atom stereocenters. The van der Waals surface area contributed by atoms with Crippen molar-refractivity contribution >= 4 is 28.3 Å². The number of amides is 1. The number of sulfonamides is 1. The summed E-state index contributed by atoms with van der Waals surface area (Å²) in [6, 6.07) is 6.90. The van der Waals surface area contributed by atoms with Gasteiger partial charge in [-0.1, -0.05) is 17.7 Å². The first-order chi connectivity index (χ1) is 12.5. The van der Waals surface area contributed by atoms with Gasteiger partial charge in [-0.25, -0.2) is 8.42 Å². The zero-order valence-corrected chi connectivity index (χ0v) is 17.4. The third kappa shape index (κ3) is 5.67. The van der Waals surface area contributed by atoms with E-state index in [1.807, 2.05) is 6.92 Å². The number of carbonyl (C=O) groups is 1. The highest BCUT2D eigenvalue weighted by Crippen LogP contribution is 2.24. The number of nitrogens with one attached hydrogen (secondary N) is 2. The Kier molecular flexibility index (Phi) is 8.09. The van der Waals surface area contributed by atoms with Gasteiger partial charge in [0.05, 0.1) is 10.8 Å². The van der Waals surface area contributed by atoms with Gasteiger partial charge in [0.15, 0.2) is 0 Å². The van der Waals surface area contributed by atoms with Crippen molar-refractivity contribution in [3.8, 4) is 0 Å². The summed E-state index contributed by atoms with van der Waals surface area (Å²) in [6.07, 6.45) is 3.74. The normalized spacial score (nSPS) is 24.0. The monoisotopic (exact) mass is 415 g/mol. The Morgan fingerprint density at radius 2 is 1.96 bits per heavy atom. The third-order valence-electron chi connectivity index (χ3n) is 5.38. The Labute approximate surface area is 168 Å². The average Bonchev–Trinajstić information content (AvgIpc) is 2.67. The Hall–Kier alpha value is -1.15. The molecule has 2 heterocycles. The molecule has 2 saturated heterocycles. The molecular weight excluding hydrogens is 386 g/mol. The predicted octanol–water partition coefficient (Wildman–Crippen LogP) is 1.93. The zero-order valence-electron chi connectivity index (χ0n) is 15.8. The van der Waals surface area contributed by atoms with Crippen LogP contribution in [0.15, 0.2) is 29.2 Å². The van der Waals surface area contributed by atoms with Gasteiger partial charge in [-0.15, -0.1) is 12.4 Å². The maximum atomic E-state index is 12.9. The number of halogens is 1. The molecule has 2 aliphatic heterocycles. The Morgan fingerprint density at radius 1 is 1.22 bits per heavy atom. The van der Waals surface area contributed by atoms with E-state index in [1.165, 1.54) is 4.31 Å². The quantitative estimate of drug-likeness (QED) is 0.770. The minimum absolute atomic E-state index is 0. The number of piperidine rings is 2. The second-order valence-electron chi connectivity index (χ2n) is 7.47. The van der Waals surface area contributed by atoms with Crippen molar-refractivity contribution in [2.75, 3.05) is 32.7 Å². The van der Waals surface area contributed by atoms with Crippen LogP contribution in [0, 0.1) is 18.8 Å². The number of carbonyl (C=O) groups excluding carboxylic acids is 1. The molecule has 0 aliphatic carbocycles. The fraction of sp³-hybridized carbons (Fsp3) is 0.632. The van der Waals surface area contributed by atoms with Gasteiger partial charge in [-0.2, -0.15) is 4.31 Å². The van der Waals surface area contributed by atoms with E-state index in [9.17, 15) is 13.2 Å². The van der Waals surface area contributed by atoms with Crippen LogP contribution in [0.3, 0.4) is 0 Å². The molecule has 0 saturated carbocycles. The van der Waals surface area contributed by atoms with E-state index in [1.54, 1.807) is 24.3 Å². The molecule has 0 bridgehead atoms. The second-order valence-corrected chi connectivity index (χ2v) is 9.41. The fourth-order valence-corrected chi connectivity index (χ4v) is 5.25. The molecule has 152 valence electrons. The van der Waals surface area contributed by atoms with Crippen LogP contribution in [0.2, 0.25) is 0 Å². The summed E-state index contributed by atoms with van der Waals surface area (Å²) in [5, 5.41) is 6.39. The summed E-state index contributed by atoms with van der Waals surface area (Å²) in [5.41, 5.74) is 1.03. The Bertz CT molecular complexity index is 718. The standard InChI is InChI=1S/C19H29N3O3S.ClH/c1-15-6-8-18(9-7-15)26(24,25)22-11-3-5-17(14-22)19(23)21-13-16-4-2-10-20-12-16;/h6-9,16-17,20H,2-5,10-14H2,1H3,(H,21,23);1H. The molecule has 2 atom stereocenters. The number of nitrogens with zero attached hydrogens (tertiary/aromatic N) is 1. The lowest BCUT2D eigenvalue weighted by Gasteiger charge is -2.32. The SMILES string of the molecule is Cc1ccc(S(=O)(=O)N2CCCC(C(=O)NCC3CCCNC3)C2)cc1.Cl. The van der Waals surface area contributed by atoms with Gasteiger partial charge < -0.3 is 10.6 Å². The van der Waals surface area contributed by atoms with Gasteiger partial charge in [0.2, 0.25) is 15.9 Å². The number of aryl methyl sites for hydroxylation is 1. The maximum Gasteiger partial charge on any atom is 0.243 e. The van der Waals surface area contributed by atoms with E-state index in [-0.39, 0.29) is 30.8 Å². The smallest absolute Gasteiger partial charge is 0.243 e. The minimum atomic E-state index is -3.54. The molecule has 6 nitrogen and oxygen atoms in total. The largest absolute Gasteiger partial charge is 0.355 e. The van der Waals surface area contributed by atoms with Gasteiger partial charge in [-0.3, -0.25) is 4.79 Å². The van der Waals surface area contributed by atoms with Crippen molar-refractivity contribution in [2.45, 2.75) is 37.5 Å². The van der Waals surface area contributed by atoms with Gasteiger partial charge in [-0.05, 0) is 63.7 Å². The number of hydrogen-bond donors (Lipinski definition) is 2. The third-order valence-corrected chi connectivity index (χ3v) is 7.26. The fourth-order valence-electron chi connectivity index (χ4n) is 3.72. The Morgan fingerprint density at radius 3 is 2.63 bits per heavy atom. The second kappa shape index (κ2) is 9.87. The highest BCUT2D eigenvalue weighted by molar-refractivity contribution is 7.89. The minimum Gasteiger partial charge on any atom is -0.355 e. The molecular formula is C19H30ClN3O3S. The van der Waals surface area contributed by atoms with E-state index in [2.05, 4.69) is 10.6 Å². The summed E-state index contributed by atoms with van der Waals surface area (Å²) in [5.74, 6) is 0.198. The summed E-state index contributed by atoms with van der Waals surface area (Å²) in [6.45, 7) is 5.35. The first kappa shape index (κ1) is 22.1. The molecule has 1 aromatic rings. The lowest BCUT2D eigenvalue weighted by atomic mass is 9.97. The summed E-state index contributed by atoms with van der Waals surface area (Å²) >= 11 is 0. The molecule has 0 aromatic heterocycles. The maximum absolute atomic E-state index is 12.9. The van der Waals surface area contributed by atoms with Crippen LogP contribution in [-0.4, -0.2) is 51.4 Å². The number of benzene rings is 1. The topological polar surface area (TPSA) is 78.5 Å². The first-order valence-electron chi connectivity index (χ1n) is 9.52. The molecule has 1 aromatic carbocycles. The van der Waals surface area contributed by atoms with Crippen molar-refractivity contribution < 1.29 is 13.2 Å². The van der Waals surface area contributed by atoms with Crippen LogP contribution in [0.5, 0.6) is 0 Å². The van der Waals surface area contributed by atoms with Gasteiger partial charge >= 0.3 is 0 Å². The van der Waals surface area contributed by atoms with Crippen LogP contribution >= 0.6 is 12.4 Å². The van der Waals surface area contributed by atoms with Crippen LogP contribution < -0.4 is 10.6 Å². The van der Waals surface area contributed by atoms with E-state index in [4.69, 9.17) is 0 Å². The van der Waals surface area contributed by atoms with Crippen molar-refractivity contribution in [3.63, 3.8) is 0 Å². The van der Waals surface area contributed by atoms with E-state index >= 15 is 0 Å². The van der Waals surface area contributed by atoms with Crippen LogP contribution in [0.25, 0.3) is 0 Å². The predicted molar refractivity (Wildman–Crippen MR) is 109 cm³/mol. The summed E-state index contributed by atoms with van der Waals surface area (Å²) in [4.78, 5) is 12.8. The van der Waals surface area contributed by atoms with Gasteiger partial charge in [0, 0.05) is 19.6 Å². The van der Waals surface area contributed by atoms with Crippen LogP contribution in [-0.2, 0) is 14.8 Å². The van der Waals surface area contributed by atoms with Crippen molar-refractivity contribution in [1.29, 1.82) is 0 Å². The molecule has 3 rings (SSSR count). The highest BCUT2D eigenvalue weighted by atomic mass is 35.5. The molecule has 27 heavy (non-hydrogen) atoms. The van der Waals surface area contributed by atoms with Gasteiger partial charge in [0.1, 0.15) is 0 Å². The lowest BCUT2D eigenvalue weighted by molar-refractivity contribution is -0.126. The molecule has 1 amide bonds. The Balaban J connectivity index is 0.00000261.